The van der Waals surface area contributed by atoms with Gasteiger partial charge >= 0.3 is 12.1 Å². The minimum absolute atomic E-state index is 0.0357. The van der Waals surface area contributed by atoms with Crippen molar-refractivity contribution in [2.75, 3.05) is 0 Å². The minimum atomic E-state index is -1.12. The molecule has 118 valence electrons. The summed E-state index contributed by atoms with van der Waals surface area (Å²) in [7, 11) is 0. The summed E-state index contributed by atoms with van der Waals surface area (Å²) >= 11 is 0. The number of carbonyl (C=O) groups excluding carboxylic acids is 1. The van der Waals surface area contributed by atoms with Crippen LogP contribution in [0.5, 0.6) is 0 Å². The lowest BCUT2D eigenvalue weighted by Crippen LogP contribution is -2.42. The molecule has 2 rings (SSSR count). The van der Waals surface area contributed by atoms with Gasteiger partial charge in [-0.05, 0) is 12.0 Å². The number of cyclic esters (lactones) is 1. The number of carboxylic acids is 1. The molecule has 0 saturated carbocycles. The molecular formula is C14H16N2O6. The van der Waals surface area contributed by atoms with Crippen LogP contribution in [0.2, 0.25) is 0 Å². The molecule has 1 saturated heterocycles. The van der Waals surface area contributed by atoms with Gasteiger partial charge in [0.05, 0.1) is 11.5 Å². The Labute approximate surface area is 126 Å². The first kappa shape index (κ1) is 15.7. The monoisotopic (exact) mass is 308 g/mol. The van der Waals surface area contributed by atoms with E-state index in [1.54, 1.807) is 0 Å². The number of ether oxygens (including phenoxy) is 1. The number of rotatable bonds is 6. The third-order valence-corrected chi connectivity index (χ3v) is 3.50. The first-order chi connectivity index (χ1) is 10.4. The fourth-order valence-electron chi connectivity index (χ4n) is 2.45. The summed E-state index contributed by atoms with van der Waals surface area (Å²) in [5.74, 6) is -1.12. The molecule has 1 heterocycles. The number of hydrogen-bond donors (Lipinski definition) is 1. The fourth-order valence-corrected chi connectivity index (χ4v) is 2.45. The van der Waals surface area contributed by atoms with Crippen molar-refractivity contribution in [1.29, 1.82) is 0 Å². The van der Waals surface area contributed by atoms with Crippen LogP contribution < -0.4 is 0 Å². The van der Waals surface area contributed by atoms with Gasteiger partial charge in [-0.15, -0.1) is 0 Å². The van der Waals surface area contributed by atoms with E-state index in [4.69, 9.17) is 4.74 Å². The van der Waals surface area contributed by atoms with E-state index in [9.17, 15) is 24.8 Å². The molecule has 2 atom stereocenters. The van der Waals surface area contributed by atoms with Crippen LogP contribution in [-0.4, -0.2) is 39.1 Å². The first-order valence-electron chi connectivity index (χ1n) is 6.87. The Kier molecular flexibility index (Phi) is 4.59. The minimum Gasteiger partial charge on any atom is -0.480 e. The van der Waals surface area contributed by atoms with Crippen LogP contribution in [0.25, 0.3) is 0 Å². The van der Waals surface area contributed by atoms with Crippen molar-refractivity contribution in [3.63, 3.8) is 0 Å². The highest BCUT2D eigenvalue weighted by Gasteiger charge is 2.45. The standard InChI is InChI=1S/C14H16N2O6/c1-2-3-11-12(13(17)18)15(14(19)22-11)8-9-4-6-10(7-5-9)16(20)21/h4-7,11-12H,2-3,8H2,1H3,(H,17,18)/t11-,12+/m0/s1. The lowest BCUT2D eigenvalue weighted by atomic mass is 10.1. The number of non-ortho nitro benzene ring substituents is 1. The summed E-state index contributed by atoms with van der Waals surface area (Å²) in [6, 6.07) is 4.59. The van der Waals surface area contributed by atoms with Gasteiger partial charge in [-0.1, -0.05) is 25.5 Å². The third kappa shape index (κ3) is 3.16. The summed E-state index contributed by atoms with van der Waals surface area (Å²) < 4.78 is 5.12. The molecular weight excluding hydrogens is 292 g/mol. The lowest BCUT2D eigenvalue weighted by Gasteiger charge is -2.20. The number of amides is 1. The molecule has 0 aliphatic carbocycles. The van der Waals surface area contributed by atoms with Gasteiger partial charge in [0.1, 0.15) is 6.10 Å². The van der Waals surface area contributed by atoms with Crippen molar-refractivity contribution >= 4 is 17.7 Å². The average Bonchev–Trinajstić information content (AvgIpc) is 2.76. The Balaban J connectivity index is 2.17. The Morgan fingerprint density at radius 1 is 1.41 bits per heavy atom. The van der Waals surface area contributed by atoms with E-state index in [0.29, 0.717) is 18.4 Å². The Hall–Kier alpha value is -2.64. The van der Waals surface area contributed by atoms with E-state index in [2.05, 4.69) is 0 Å². The summed E-state index contributed by atoms with van der Waals surface area (Å²) in [6.07, 6.45) is -0.177. The first-order valence-corrected chi connectivity index (χ1v) is 6.87. The zero-order valence-corrected chi connectivity index (χ0v) is 12.0. The normalized spacial score (nSPS) is 20.8. The highest BCUT2D eigenvalue weighted by atomic mass is 16.6. The van der Waals surface area contributed by atoms with Gasteiger partial charge in [0.2, 0.25) is 0 Å². The van der Waals surface area contributed by atoms with Crippen molar-refractivity contribution in [3.8, 4) is 0 Å². The maximum atomic E-state index is 11.9. The van der Waals surface area contributed by atoms with Gasteiger partial charge in [-0.25, -0.2) is 9.59 Å². The maximum absolute atomic E-state index is 11.9. The molecule has 0 spiro atoms. The SMILES string of the molecule is CCC[C@@H]1OC(=O)N(Cc2ccc([N+](=O)[O-])cc2)[C@H]1C(=O)O. The largest absolute Gasteiger partial charge is 0.480 e. The maximum Gasteiger partial charge on any atom is 0.411 e. The number of nitro groups is 1. The molecule has 0 radical (unpaired) electrons. The number of nitro benzene ring substituents is 1. The van der Waals surface area contributed by atoms with E-state index in [-0.39, 0.29) is 12.2 Å². The van der Waals surface area contributed by atoms with Crippen LogP contribution in [-0.2, 0) is 16.1 Å². The summed E-state index contributed by atoms with van der Waals surface area (Å²) in [5.41, 5.74) is 0.539. The number of carbonyl (C=O) groups is 2. The number of aliphatic carboxylic acids is 1. The van der Waals surface area contributed by atoms with Crippen LogP contribution in [0, 0.1) is 10.1 Å². The smallest absolute Gasteiger partial charge is 0.411 e. The second-order valence-electron chi connectivity index (χ2n) is 5.05. The van der Waals surface area contributed by atoms with Gasteiger partial charge in [0.15, 0.2) is 6.04 Å². The van der Waals surface area contributed by atoms with E-state index in [0.717, 1.165) is 4.90 Å². The van der Waals surface area contributed by atoms with Gasteiger partial charge in [0, 0.05) is 12.1 Å². The van der Waals surface area contributed by atoms with Crippen LogP contribution in [0.15, 0.2) is 24.3 Å². The zero-order valence-electron chi connectivity index (χ0n) is 12.0. The van der Waals surface area contributed by atoms with Gasteiger partial charge in [-0.2, -0.15) is 0 Å². The molecule has 22 heavy (non-hydrogen) atoms. The second-order valence-corrected chi connectivity index (χ2v) is 5.05. The van der Waals surface area contributed by atoms with Crippen molar-refractivity contribution < 1.29 is 24.4 Å². The predicted octanol–water partition coefficient (Wildman–Crippen LogP) is 2.17. The van der Waals surface area contributed by atoms with E-state index in [1.807, 2.05) is 6.92 Å². The number of benzene rings is 1. The van der Waals surface area contributed by atoms with Gasteiger partial charge in [-0.3, -0.25) is 15.0 Å². The van der Waals surface area contributed by atoms with E-state index in [1.165, 1.54) is 24.3 Å². The van der Waals surface area contributed by atoms with Crippen molar-refractivity contribution in [3.05, 3.63) is 39.9 Å². The van der Waals surface area contributed by atoms with E-state index < -0.39 is 29.1 Å². The van der Waals surface area contributed by atoms with Crippen molar-refractivity contribution in [2.45, 2.75) is 38.5 Å². The molecule has 1 aliphatic heterocycles. The Morgan fingerprint density at radius 2 is 2.05 bits per heavy atom. The van der Waals surface area contributed by atoms with Crippen LogP contribution >= 0.6 is 0 Å². The quantitative estimate of drug-likeness (QED) is 0.637. The van der Waals surface area contributed by atoms with Gasteiger partial charge in [0.25, 0.3) is 5.69 Å². The molecule has 8 nitrogen and oxygen atoms in total. The highest BCUT2D eigenvalue weighted by molar-refractivity contribution is 5.83. The number of nitrogens with zero attached hydrogens (tertiary/aromatic N) is 2. The molecule has 1 N–H and O–H groups in total. The van der Waals surface area contributed by atoms with Crippen LogP contribution in [0.4, 0.5) is 10.5 Å². The van der Waals surface area contributed by atoms with Crippen molar-refractivity contribution in [2.24, 2.45) is 0 Å². The van der Waals surface area contributed by atoms with Crippen LogP contribution in [0.3, 0.4) is 0 Å². The summed E-state index contributed by atoms with van der Waals surface area (Å²) in [5, 5.41) is 19.9. The highest BCUT2D eigenvalue weighted by Crippen LogP contribution is 2.26. The average molecular weight is 308 g/mol. The number of carboxylic acid groups (broad SMARTS) is 1. The number of hydrogen-bond acceptors (Lipinski definition) is 5. The molecule has 1 aromatic rings. The summed E-state index contributed by atoms with van der Waals surface area (Å²) in [6.45, 7) is 1.92. The Bertz CT molecular complexity index is 586. The molecule has 0 unspecified atom stereocenters. The molecule has 1 aromatic carbocycles. The van der Waals surface area contributed by atoms with Crippen molar-refractivity contribution in [1.82, 2.24) is 4.90 Å². The molecule has 1 aliphatic rings. The third-order valence-electron chi connectivity index (χ3n) is 3.50. The predicted molar refractivity (Wildman–Crippen MR) is 75.2 cm³/mol. The van der Waals surface area contributed by atoms with Crippen LogP contribution in [0.1, 0.15) is 25.3 Å². The second kappa shape index (κ2) is 6.42. The molecule has 8 heteroatoms. The molecule has 1 amide bonds. The molecule has 0 bridgehead atoms. The topological polar surface area (TPSA) is 110 Å². The zero-order chi connectivity index (χ0) is 16.3. The molecule has 0 aromatic heterocycles. The molecule has 1 fully saturated rings. The summed E-state index contributed by atoms with van der Waals surface area (Å²) in [4.78, 5) is 34.5. The Morgan fingerprint density at radius 3 is 2.55 bits per heavy atom. The van der Waals surface area contributed by atoms with Gasteiger partial charge < -0.3 is 9.84 Å². The fraction of sp³-hybridized carbons (Fsp3) is 0.429. The van der Waals surface area contributed by atoms with E-state index >= 15 is 0 Å². The lowest BCUT2D eigenvalue weighted by molar-refractivity contribution is -0.384.